The third-order valence-corrected chi connectivity index (χ3v) is 5.12. The van der Waals surface area contributed by atoms with E-state index in [4.69, 9.17) is 9.56 Å². The standard InChI is InChI=1S/C14H22N2O4S/c1-3-10-5-4-6-11(7-10)16-14(17)12-8-13(9(2)20-12)21(15,18)19/h8,10-11H,3-7H2,1-2H3,(H,16,17)(H2,15,18,19). The number of hydrogen-bond donors (Lipinski definition) is 2. The maximum atomic E-state index is 12.2. The minimum absolute atomic E-state index is 0.00449. The minimum atomic E-state index is -3.87. The fourth-order valence-corrected chi connectivity index (χ4v) is 3.62. The van der Waals surface area contributed by atoms with E-state index in [0.717, 1.165) is 25.7 Å². The highest BCUT2D eigenvalue weighted by Gasteiger charge is 2.25. The quantitative estimate of drug-likeness (QED) is 0.886. The van der Waals surface area contributed by atoms with E-state index in [0.29, 0.717) is 5.92 Å². The fraction of sp³-hybridized carbons (Fsp3) is 0.643. The van der Waals surface area contributed by atoms with Crippen molar-refractivity contribution in [1.82, 2.24) is 5.32 Å². The lowest BCUT2D eigenvalue weighted by molar-refractivity contribution is 0.0889. The topological polar surface area (TPSA) is 102 Å². The van der Waals surface area contributed by atoms with E-state index in [-0.39, 0.29) is 28.4 Å². The van der Waals surface area contributed by atoms with Crippen LogP contribution in [0.25, 0.3) is 0 Å². The Morgan fingerprint density at radius 2 is 2.19 bits per heavy atom. The molecule has 1 amide bonds. The summed E-state index contributed by atoms with van der Waals surface area (Å²) in [6.07, 6.45) is 5.33. The van der Waals surface area contributed by atoms with Gasteiger partial charge in [-0.2, -0.15) is 0 Å². The van der Waals surface area contributed by atoms with Crippen LogP contribution in [-0.2, 0) is 10.0 Å². The Bertz CT molecular complexity index is 621. The monoisotopic (exact) mass is 314 g/mol. The SMILES string of the molecule is CCC1CCCC(NC(=O)c2cc(S(N)(=O)=O)c(C)o2)C1. The van der Waals surface area contributed by atoms with Gasteiger partial charge in [-0.25, -0.2) is 13.6 Å². The Balaban J connectivity index is 2.07. The Morgan fingerprint density at radius 1 is 1.48 bits per heavy atom. The van der Waals surface area contributed by atoms with E-state index < -0.39 is 10.0 Å². The molecule has 1 fully saturated rings. The fourth-order valence-electron chi connectivity index (χ4n) is 2.91. The van der Waals surface area contributed by atoms with E-state index in [1.165, 1.54) is 19.4 Å². The molecule has 118 valence electrons. The number of nitrogens with two attached hydrogens (primary N) is 1. The highest BCUT2D eigenvalue weighted by Crippen LogP contribution is 2.27. The molecule has 1 aromatic rings. The van der Waals surface area contributed by atoms with Crippen molar-refractivity contribution in [2.45, 2.75) is 56.9 Å². The first-order valence-electron chi connectivity index (χ1n) is 7.25. The van der Waals surface area contributed by atoms with Crippen LogP contribution in [0.15, 0.2) is 15.4 Å². The molecule has 0 saturated heterocycles. The Morgan fingerprint density at radius 3 is 2.76 bits per heavy atom. The largest absolute Gasteiger partial charge is 0.455 e. The summed E-state index contributed by atoms with van der Waals surface area (Å²) in [6, 6.07) is 1.32. The average molecular weight is 314 g/mol. The minimum Gasteiger partial charge on any atom is -0.455 e. The van der Waals surface area contributed by atoms with Gasteiger partial charge in [0, 0.05) is 12.1 Å². The maximum Gasteiger partial charge on any atom is 0.287 e. The zero-order valence-corrected chi connectivity index (χ0v) is 13.2. The summed E-state index contributed by atoms with van der Waals surface area (Å²) in [5.74, 6) is 0.394. The molecule has 1 saturated carbocycles. The number of amides is 1. The molecule has 0 bridgehead atoms. The molecule has 0 aliphatic heterocycles. The molecule has 1 heterocycles. The van der Waals surface area contributed by atoms with Crippen LogP contribution in [0.4, 0.5) is 0 Å². The lowest BCUT2D eigenvalue weighted by atomic mass is 9.84. The number of sulfonamides is 1. The zero-order valence-electron chi connectivity index (χ0n) is 12.4. The van der Waals surface area contributed by atoms with Gasteiger partial charge in [0.15, 0.2) is 5.76 Å². The van der Waals surface area contributed by atoms with Gasteiger partial charge in [-0.3, -0.25) is 4.79 Å². The number of carbonyl (C=O) groups is 1. The molecule has 3 N–H and O–H groups in total. The molecule has 0 radical (unpaired) electrons. The van der Waals surface area contributed by atoms with Crippen LogP contribution in [0.2, 0.25) is 0 Å². The van der Waals surface area contributed by atoms with Crippen molar-refractivity contribution in [3.63, 3.8) is 0 Å². The molecule has 7 heteroatoms. The second-order valence-corrected chi connectivity index (χ2v) is 7.22. The van der Waals surface area contributed by atoms with Crippen LogP contribution in [0.1, 0.15) is 55.3 Å². The zero-order chi connectivity index (χ0) is 15.6. The van der Waals surface area contributed by atoms with Crippen LogP contribution < -0.4 is 10.5 Å². The third kappa shape index (κ3) is 3.85. The van der Waals surface area contributed by atoms with Crippen LogP contribution in [0.5, 0.6) is 0 Å². The number of furan rings is 1. The van der Waals surface area contributed by atoms with Crippen molar-refractivity contribution in [3.05, 3.63) is 17.6 Å². The van der Waals surface area contributed by atoms with Crippen molar-refractivity contribution in [3.8, 4) is 0 Å². The first kappa shape index (κ1) is 16.0. The predicted molar refractivity (Wildman–Crippen MR) is 78.3 cm³/mol. The summed E-state index contributed by atoms with van der Waals surface area (Å²) in [7, 11) is -3.87. The lowest BCUT2D eigenvalue weighted by Gasteiger charge is -2.28. The summed E-state index contributed by atoms with van der Waals surface area (Å²) in [6.45, 7) is 3.63. The Hall–Kier alpha value is -1.34. The first-order chi connectivity index (χ1) is 9.81. The van der Waals surface area contributed by atoms with Gasteiger partial charge < -0.3 is 9.73 Å². The van der Waals surface area contributed by atoms with Crippen LogP contribution in [0.3, 0.4) is 0 Å². The van der Waals surface area contributed by atoms with E-state index in [1.807, 2.05) is 0 Å². The van der Waals surface area contributed by atoms with Gasteiger partial charge in [-0.05, 0) is 25.7 Å². The van der Waals surface area contributed by atoms with Gasteiger partial charge in [0.05, 0.1) is 0 Å². The molecule has 0 aromatic carbocycles. The van der Waals surface area contributed by atoms with Crippen LogP contribution >= 0.6 is 0 Å². The lowest BCUT2D eigenvalue weighted by Crippen LogP contribution is -2.38. The molecule has 0 spiro atoms. The maximum absolute atomic E-state index is 12.2. The third-order valence-electron chi connectivity index (χ3n) is 4.10. The van der Waals surface area contributed by atoms with Crippen molar-refractivity contribution in [2.24, 2.45) is 11.1 Å². The second-order valence-electron chi connectivity index (χ2n) is 5.69. The Kier molecular flexibility index (Phi) is 4.73. The molecule has 2 atom stereocenters. The van der Waals surface area contributed by atoms with E-state index in [1.54, 1.807) is 0 Å². The molecule has 6 nitrogen and oxygen atoms in total. The van der Waals surface area contributed by atoms with Crippen LogP contribution in [-0.4, -0.2) is 20.4 Å². The van der Waals surface area contributed by atoms with Gasteiger partial charge >= 0.3 is 0 Å². The second kappa shape index (κ2) is 6.19. The average Bonchev–Trinajstić information content (AvgIpc) is 2.81. The number of hydrogen-bond acceptors (Lipinski definition) is 4. The van der Waals surface area contributed by atoms with Gasteiger partial charge in [-0.1, -0.05) is 26.2 Å². The van der Waals surface area contributed by atoms with Gasteiger partial charge in [0.25, 0.3) is 5.91 Å². The molecular weight excluding hydrogens is 292 g/mol. The van der Waals surface area contributed by atoms with Crippen molar-refractivity contribution in [2.75, 3.05) is 0 Å². The van der Waals surface area contributed by atoms with Crippen molar-refractivity contribution < 1.29 is 17.6 Å². The normalized spacial score (nSPS) is 23.0. The molecule has 21 heavy (non-hydrogen) atoms. The highest BCUT2D eigenvalue weighted by atomic mass is 32.2. The van der Waals surface area contributed by atoms with Crippen LogP contribution in [0, 0.1) is 12.8 Å². The molecule has 1 aliphatic rings. The number of primary sulfonamides is 1. The van der Waals surface area contributed by atoms with E-state index in [2.05, 4.69) is 12.2 Å². The highest BCUT2D eigenvalue weighted by molar-refractivity contribution is 7.89. The molecule has 2 rings (SSSR count). The summed E-state index contributed by atoms with van der Waals surface area (Å²) in [4.78, 5) is 12.0. The van der Waals surface area contributed by atoms with Crippen molar-refractivity contribution in [1.29, 1.82) is 0 Å². The number of carbonyl (C=O) groups excluding carboxylic acids is 1. The smallest absolute Gasteiger partial charge is 0.287 e. The number of rotatable bonds is 4. The predicted octanol–water partition coefficient (Wildman–Crippen LogP) is 1.93. The first-order valence-corrected chi connectivity index (χ1v) is 8.80. The van der Waals surface area contributed by atoms with E-state index >= 15 is 0 Å². The Labute approximate surface area is 125 Å². The molecule has 1 aliphatic carbocycles. The summed E-state index contributed by atoms with van der Waals surface area (Å²) in [5, 5.41) is 8.00. The van der Waals surface area contributed by atoms with Crippen molar-refractivity contribution >= 4 is 15.9 Å². The molecular formula is C14H22N2O4S. The summed E-state index contributed by atoms with van der Waals surface area (Å²) < 4.78 is 27.9. The van der Waals surface area contributed by atoms with E-state index in [9.17, 15) is 13.2 Å². The molecule has 2 unspecified atom stereocenters. The van der Waals surface area contributed by atoms with Gasteiger partial charge in [-0.15, -0.1) is 0 Å². The summed E-state index contributed by atoms with van der Waals surface area (Å²) >= 11 is 0. The number of aryl methyl sites for hydroxylation is 1. The summed E-state index contributed by atoms with van der Waals surface area (Å²) in [5.41, 5.74) is 0. The van der Waals surface area contributed by atoms with Gasteiger partial charge in [0.1, 0.15) is 10.7 Å². The number of nitrogens with one attached hydrogen (secondary N) is 1. The molecule has 1 aromatic heterocycles. The van der Waals surface area contributed by atoms with Gasteiger partial charge in [0.2, 0.25) is 10.0 Å².